The van der Waals surface area contributed by atoms with E-state index in [1.165, 1.54) is 0 Å². The number of nitrogens with one attached hydrogen (secondary N) is 2. The summed E-state index contributed by atoms with van der Waals surface area (Å²) in [6, 6.07) is 7.25. The van der Waals surface area contributed by atoms with Crippen LogP contribution in [0, 0.1) is 0 Å². The molecule has 1 aromatic carbocycles. The Morgan fingerprint density at radius 1 is 1.10 bits per heavy atom. The summed E-state index contributed by atoms with van der Waals surface area (Å²) in [5, 5.41) is 6.02. The van der Waals surface area contributed by atoms with Gasteiger partial charge in [0.25, 0.3) is 0 Å². The van der Waals surface area contributed by atoms with Crippen molar-refractivity contribution in [2.24, 2.45) is 0 Å². The Bertz CT molecular complexity index is 441. The minimum Gasteiger partial charge on any atom is -0.385 e. The minimum atomic E-state index is 0.0414. The van der Waals surface area contributed by atoms with Gasteiger partial charge in [-0.25, -0.2) is 0 Å². The Kier molecular flexibility index (Phi) is 6.73. The zero-order valence-electron chi connectivity index (χ0n) is 12.4. The number of amides is 1. The fraction of sp³-hybridized carbons (Fsp3) is 0.467. The molecule has 2 N–H and O–H groups in total. The molecule has 110 valence electrons. The first-order valence-corrected chi connectivity index (χ1v) is 6.75. The van der Waals surface area contributed by atoms with Crippen LogP contribution < -0.4 is 10.6 Å². The number of anilines is 1. The fourth-order valence-corrected chi connectivity index (χ4v) is 1.65. The van der Waals surface area contributed by atoms with Gasteiger partial charge in [-0.2, -0.15) is 0 Å². The smallest absolute Gasteiger partial charge is 0.221 e. The number of nitrogens with zero attached hydrogens (tertiary/aromatic N) is 1. The maximum atomic E-state index is 11.5. The number of carbonyl (C=O) groups is 2. The number of ketones is 1. The molecule has 0 aliphatic heterocycles. The van der Waals surface area contributed by atoms with E-state index in [9.17, 15) is 9.59 Å². The molecule has 0 aliphatic carbocycles. The number of rotatable bonds is 8. The predicted molar refractivity (Wildman–Crippen MR) is 81.1 cm³/mol. The highest BCUT2D eigenvalue weighted by Crippen LogP contribution is 2.09. The Labute approximate surface area is 120 Å². The minimum absolute atomic E-state index is 0.0414. The molecule has 0 aromatic heterocycles. The van der Waals surface area contributed by atoms with Crippen molar-refractivity contribution in [3.05, 3.63) is 29.8 Å². The van der Waals surface area contributed by atoms with Crippen LogP contribution in [0.25, 0.3) is 0 Å². The molecule has 0 saturated carbocycles. The van der Waals surface area contributed by atoms with Gasteiger partial charge >= 0.3 is 0 Å². The maximum Gasteiger partial charge on any atom is 0.221 e. The number of likely N-dealkylation sites (N-methyl/N-ethyl adjacent to an activating group) is 1. The molecule has 0 fully saturated rings. The summed E-state index contributed by atoms with van der Waals surface area (Å²) < 4.78 is 0. The van der Waals surface area contributed by atoms with Gasteiger partial charge < -0.3 is 15.5 Å². The van der Waals surface area contributed by atoms with Crippen LogP contribution in [-0.4, -0.2) is 50.3 Å². The summed E-state index contributed by atoms with van der Waals surface area (Å²) in [5.74, 6) is 0.0940. The summed E-state index contributed by atoms with van der Waals surface area (Å²) in [4.78, 5) is 24.7. The summed E-state index contributed by atoms with van der Waals surface area (Å²) in [5.41, 5.74) is 1.60. The lowest BCUT2D eigenvalue weighted by Crippen LogP contribution is -2.32. The summed E-state index contributed by atoms with van der Waals surface area (Å²) >= 11 is 0. The van der Waals surface area contributed by atoms with Crippen molar-refractivity contribution < 1.29 is 9.59 Å². The molecule has 0 aliphatic rings. The number of Topliss-reactive ketones (excluding diaryl/α,β-unsaturated/α-hetero) is 1. The normalized spacial score (nSPS) is 10.4. The summed E-state index contributed by atoms with van der Waals surface area (Å²) in [6.07, 6.45) is 0.432. The van der Waals surface area contributed by atoms with Gasteiger partial charge in [-0.1, -0.05) is 0 Å². The molecule has 1 rings (SSSR count). The number of hydrogen-bond donors (Lipinski definition) is 2. The van der Waals surface area contributed by atoms with E-state index >= 15 is 0 Å². The van der Waals surface area contributed by atoms with Crippen molar-refractivity contribution >= 4 is 17.4 Å². The SMILES string of the molecule is CC(=O)c1ccc(NCCC(=O)NCCN(C)C)cc1. The lowest BCUT2D eigenvalue weighted by Gasteiger charge is -2.11. The third-order valence-corrected chi connectivity index (χ3v) is 2.85. The molecule has 5 heteroatoms. The van der Waals surface area contributed by atoms with Crippen LogP contribution in [0.3, 0.4) is 0 Å². The van der Waals surface area contributed by atoms with Gasteiger partial charge in [-0.3, -0.25) is 9.59 Å². The van der Waals surface area contributed by atoms with E-state index in [1.807, 2.05) is 31.1 Å². The maximum absolute atomic E-state index is 11.5. The topological polar surface area (TPSA) is 61.4 Å². The van der Waals surface area contributed by atoms with E-state index in [0.717, 1.165) is 12.2 Å². The lowest BCUT2D eigenvalue weighted by atomic mass is 10.1. The molecule has 5 nitrogen and oxygen atoms in total. The lowest BCUT2D eigenvalue weighted by molar-refractivity contribution is -0.120. The van der Waals surface area contributed by atoms with Crippen molar-refractivity contribution in [1.82, 2.24) is 10.2 Å². The third-order valence-electron chi connectivity index (χ3n) is 2.85. The predicted octanol–water partition coefficient (Wildman–Crippen LogP) is 1.37. The second-order valence-electron chi connectivity index (χ2n) is 4.96. The quantitative estimate of drug-likeness (QED) is 0.705. The number of hydrogen-bond acceptors (Lipinski definition) is 4. The van der Waals surface area contributed by atoms with Crippen LogP contribution in [0.5, 0.6) is 0 Å². The van der Waals surface area contributed by atoms with Crippen molar-refractivity contribution in [1.29, 1.82) is 0 Å². The van der Waals surface area contributed by atoms with E-state index in [0.29, 0.717) is 25.1 Å². The zero-order chi connectivity index (χ0) is 15.0. The molecule has 20 heavy (non-hydrogen) atoms. The highest BCUT2D eigenvalue weighted by molar-refractivity contribution is 5.94. The molecule has 0 saturated heterocycles. The second-order valence-corrected chi connectivity index (χ2v) is 4.96. The molecule has 0 bridgehead atoms. The van der Waals surface area contributed by atoms with Crippen LogP contribution in [0.2, 0.25) is 0 Å². The van der Waals surface area contributed by atoms with Gasteiger partial charge in [0.1, 0.15) is 0 Å². The average Bonchev–Trinajstić information content (AvgIpc) is 2.39. The van der Waals surface area contributed by atoms with E-state index in [-0.39, 0.29) is 11.7 Å². The number of benzene rings is 1. The zero-order valence-corrected chi connectivity index (χ0v) is 12.4. The molecule has 1 amide bonds. The van der Waals surface area contributed by atoms with Gasteiger partial charge in [0.05, 0.1) is 0 Å². The molecule has 1 aromatic rings. The molecule has 0 unspecified atom stereocenters. The standard InChI is InChI=1S/C15H23N3O2/c1-12(19)13-4-6-14(7-5-13)16-9-8-15(20)17-10-11-18(2)3/h4-7,16H,8-11H2,1-3H3,(H,17,20). The fourth-order valence-electron chi connectivity index (χ4n) is 1.65. The molecule has 0 radical (unpaired) electrons. The largest absolute Gasteiger partial charge is 0.385 e. The first-order chi connectivity index (χ1) is 9.49. The van der Waals surface area contributed by atoms with Crippen LogP contribution in [0.4, 0.5) is 5.69 Å². The highest BCUT2D eigenvalue weighted by Gasteiger charge is 2.02. The Hall–Kier alpha value is -1.88. The monoisotopic (exact) mass is 277 g/mol. The van der Waals surface area contributed by atoms with Gasteiger partial charge in [0.15, 0.2) is 5.78 Å². The Balaban J connectivity index is 2.23. The van der Waals surface area contributed by atoms with Crippen molar-refractivity contribution in [2.45, 2.75) is 13.3 Å². The van der Waals surface area contributed by atoms with Crippen molar-refractivity contribution in [3.63, 3.8) is 0 Å². The van der Waals surface area contributed by atoms with E-state index in [1.54, 1.807) is 19.1 Å². The molecule has 0 atom stereocenters. The summed E-state index contributed by atoms with van der Waals surface area (Å²) in [7, 11) is 3.94. The van der Waals surface area contributed by atoms with Crippen molar-refractivity contribution in [3.8, 4) is 0 Å². The third kappa shape index (κ3) is 6.33. The second kappa shape index (κ2) is 8.32. The van der Waals surface area contributed by atoms with Crippen LogP contribution in [0.15, 0.2) is 24.3 Å². The number of carbonyl (C=O) groups excluding carboxylic acids is 2. The van der Waals surface area contributed by atoms with Crippen molar-refractivity contribution in [2.75, 3.05) is 39.0 Å². The molecular formula is C15H23N3O2. The van der Waals surface area contributed by atoms with E-state index in [4.69, 9.17) is 0 Å². The van der Waals surface area contributed by atoms with Crippen LogP contribution in [0.1, 0.15) is 23.7 Å². The van der Waals surface area contributed by atoms with E-state index in [2.05, 4.69) is 10.6 Å². The van der Waals surface area contributed by atoms with Gasteiger partial charge in [-0.15, -0.1) is 0 Å². The Morgan fingerprint density at radius 2 is 1.75 bits per heavy atom. The molecular weight excluding hydrogens is 254 g/mol. The first kappa shape index (κ1) is 16.2. The first-order valence-electron chi connectivity index (χ1n) is 6.75. The van der Waals surface area contributed by atoms with Gasteiger partial charge in [0, 0.05) is 37.3 Å². The van der Waals surface area contributed by atoms with E-state index < -0.39 is 0 Å². The van der Waals surface area contributed by atoms with Gasteiger partial charge in [-0.05, 0) is 45.3 Å². The summed E-state index contributed by atoms with van der Waals surface area (Å²) in [6.45, 7) is 3.62. The highest BCUT2D eigenvalue weighted by atomic mass is 16.1. The Morgan fingerprint density at radius 3 is 2.30 bits per heavy atom. The molecule has 0 spiro atoms. The van der Waals surface area contributed by atoms with Crippen LogP contribution >= 0.6 is 0 Å². The molecule has 0 heterocycles. The average molecular weight is 277 g/mol. The van der Waals surface area contributed by atoms with Crippen LogP contribution in [-0.2, 0) is 4.79 Å². The van der Waals surface area contributed by atoms with Gasteiger partial charge in [0.2, 0.25) is 5.91 Å².